The zero-order valence-corrected chi connectivity index (χ0v) is 11.0. The number of nitrogens with zero attached hydrogens (tertiary/aromatic N) is 1. The van der Waals surface area contributed by atoms with Crippen molar-refractivity contribution >= 4 is 17.5 Å². The van der Waals surface area contributed by atoms with Crippen LogP contribution in [0.4, 0.5) is 4.39 Å². The van der Waals surface area contributed by atoms with Gasteiger partial charge < -0.3 is 10.6 Å². The molecule has 0 bridgehead atoms. The third-order valence-electron chi connectivity index (χ3n) is 3.16. The minimum atomic E-state index is -0.657. The average molecular weight is 271 g/mol. The molecule has 3 nitrogen and oxygen atoms in total. The molecule has 1 saturated heterocycles. The Morgan fingerprint density at radius 1 is 1.50 bits per heavy atom. The van der Waals surface area contributed by atoms with E-state index in [1.54, 1.807) is 11.0 Å². The number of carbonyl (C=O) groups is 1. The molecule has 0 aliphatic carbocycles. The molecule has 1 aliphatic rings. The molecule has 0 aromatic heterocycles. The number of carbonyl (C=O) groups excluding carboxylic acids is 1. The van der Waals surface area contributed by atoms with Gasteiger partial charge in [0.15, 0.2) is 5.82 Å². The predicted molar refractivity (Wildman–Crippen MR) is 69.1 cm³/mol. The summed E-state index contributed by atoms with van der Waals surface area (Å²) in [6.45, 7) is 3.11. The normalized spacial score (nSPS) is 24.1. The summed E-state index contributed by atoms with van der Waals surface area (Å²) in [7, 11) is 0. The molecule has 18 heavy (non-hydrogen) atoms. The number of hydrogen-bond donors (Lipinski definition) is 1. The van der Waals surface area contributed by atoms with Crippen molar-refractivity contribution in [1.82, 2.24) is 4.90 Å². The Balaban J connectivity index is 2.23. The van der Waals surface area contributed by atoms with Crippen LogP contribution in [-0.2, 0) is 0 Å². The van der Waals surface area contributed by atoms with Crippen molar-refractivity contribution in [3.05, 3.63) is 34.6 Å². The van der Waals surface area contributed by atoms with Gasteiger partial charge in [-0.2, -0.15) is 0 Å². The maximum atomic E-state index is 13.8. The highest BCUT2D eigenvalue weighted by atomic mass is 35.5. The lowest BCUT2D eigenvalue weighted by Gasteiger charge is -2.34. The fourth-order valence-corrected chi connectivity index (χ4v) is 2.58. The first-order valence-corrected chi connectivity index (χ1v) is 6.35. The molecule has 1 aromatic rings. The van der Waals surface area contributed by atoms with Gasteiger partial charge in [-0.3, -0.25) is 4.79 Å². The molecule has 1 fully saturated rings. The van der Waals surface area contributed by atoms with Crippen molar-refractivity contribution < 1.29 is 9.18 Å². The Bertz CT molecular complexity index is 456. The Labute approximate surface area is 111 Å². The van der Waals surface area contributed by atoms with E-state index in [-0.39, 0.29) is 22.5 Å². The van der Waals surface area contributed by atoms with Gasteiger partial charge in [0, 0.05) is 19.1 Å². The van der Waals surface area contributed by atoms with E-state index in [4.69, 9.17) is 17.3 Å². The zero-order valence-electron chi connectivity index (χ0n) is 10.2. The van der Waals surface area contributed by atoms with E-state index in [1.165, 1.54) is 12.1 Å². The summed E-state index contributed by atoms with van der Waals surface area (Å²) in [6.07, 6.45) is 0.891. The first-order chi connectivity index (χ1) is 8.49. The smallest absolute Gasteiger partial charge is 0.256 e. The molecule has 1 aromatic carbocycles. The van der Waals surface area contributed by atoms with Crippen molar-refractivity contribution in [2.45, 2.75) is 19.4 Å². The van der Waals surface area contributed by atoms with E-state index in [0.29, 0.717) is 19.0 Å². The van der Waals surface area contributed by atoms with Crippen LogP contribution in [0.1, 0.15) is 23.7 Å². The molecule has 2 atom stereocenters. The number of benzene rings is 1. The van der Waals surface area contributed by atoms with E-state index >= 15 is 0 Å². The molecule has 1 aliphatic heterocycles. The topological polar surface area (TPSA) is 46.3 Å². The second-order valence-electron chi connectivity index (χ2n) is 4.91. The van der Waals surface area contributed by atoms with Crippen LogP contribution in [0.15, 0.2) is 18.2 Å². The minimum absolute atomic E-state index is 0.0174. The standard InChI is InChI=1S/C13H16ClFN2O/c1-8-5-9(16)7-17(6-8)13(18)10-3-2-4-11(14)12(10)15/h2-4,8-9H,5-7,16H2,1H3. The summed E-state index contributed by atoms with van der Waals surface area (Å²) in [5, 5.41) is -0.0322. The summed E-state index contributed by atoms with van der Waals surface area (Å²) < 4.78 is 13.8. The lowest BCUT2D eigenvalue weighted by Crippen LogP contribution is -2.49. The van der Waals surface area contributed by atoms with E-state index < -0.39 is 5.82 Å². The largest absolute Gasteiger partial charge is 0.337 e. The van der Waals surface area contributed by atoms with Crippen LogP contribution in [0.25, 0.3) is 0 Å². The van der Waals surface area contributed by atoms with Gasteiger partial charge >= 0.3 is 0 Å². The predicted octanol–water partition coefficient (Wildman–Crippen LogP) is 2.29. The van der Waals surface area contributed by atoms with Gasteiger partial charge in [-0.15, -0.1) is 0 Å². The van der Waals surface area contributed by atoms with Crippen LogP contribution in [0.2, 0.25) is 5.02 Å². The molecule has 2 unspecified atom stereocenters. The fourth-order valence-electron chi connectivity index (χ4n) is 2.40. The van der Waals surface area contributed by atoms with Crippen molar-refractivity contribution in [1.29, 1.82) is 0 Å². The first kappa shape index (κ1) is 13.3. The highest BCUT2D eigenvalue weighted by Gasteiger charge is 2.28. The molecular formula is C13H16ClFN2O. The van der Waals surface area contributed by atoms with Gasteiger partial charge in [0.1, 0.15) is 0 Å². The Morgan fingerprint density at radius 3 is 2.89 bits per heavy atom. The Kier molecular flexibility index (Phi) is 3.88. The third kappa shape index (κ3) is 2.65. The lowest BCUT2D eigenvalue weighted by molar-refractivity contribution is 0.0656. The number of halogens is 2. The van der Waals surface area contributed by atoms with Crippen LogP contribution in [0, 0.1) is 11.7 Å². The van der Waals surface area contributed by atoms with Crippen molar-refractivity contribution in [2.75, 3.05) is 13.1 Å². The lowest BCUT2D eigenvalue weighted by atomic mass is 9.96. The number of likely N-dealkylation sites (tertiary alicyclic amines) is 1. The zero-order chi connectivity index (χ0) is 13.3. The van der Waals surface area contributed by atoms with E-state index in [1.807, 2.05) is 6.92 Å². The van der Waals surface area contributed by atoms with E-state index in [9.17, 15) is 9.18 Å². The van der Waals surface area contributed by atoms with Gasteiger partial charge in [0.05, 0.1) is 10.6 Å². The van der Waals surface area contributed by atoms with Gasteiger partial charge in [-0.1, -0.05) is 24.6 Å². The monoisotopic (exact) mass is 270 g/mol. The first-order valence-electron chi connectivity index (χ1n) is 5.98. The maximum absolute atomic E-state index is 13.8. The molecule has 0 radical (unpaired) electrons. The maximum Gasteiger partial charge on any atom is 0.256 e. The molecule has 5 heteroatoms. The molecule has 2 rings (SSSR count). The molecule has 0 spiro atoms. The number of rotatable bonds is 1. The SMILES string of the molecule is CC1CC(N)CN(C(=O)c2cccc(Cl)c2F)C1. The van der Waals surface area contributed by atoms with E-state index in [0.717, 1.165) is 6.42 Å². The van der Waals surface area contributed by atoms with Crippen molar-refractivity contribution in [3.8, 4) is 0 Å². The fraction of sp³-hybridized carbons (Fsp3) is 0.462. The molecule has 2 N–H and O–H groups in total. The van der Waals surface area contributed by atoms with Gasteiger partial charge in [0.25, 0.3) is 5.91 Å². The highest BCUT2D eigenvalue weighted by Crippen LogP contribution is 2.22. The average Bonchev–Trinajstić information content (AvgIpc) is 2.30. The molecular weight excluding hydrogens is 255 g/mol. The molecule has 98 valence electrons. The van der Waals surface area contributed by atoms with Gasteiger partial charge in [-0.05, 0) is 24.5 Å². The summed E-state index contributed by atoms with van der Waals surface area (Å²) >= 11 is 5.68. The Hall–Kier alpha value is -1.13. The summed E-state index contributed by atoms with van der Waals surface area (Å²) in [5.41, 5.74) is 5.90. The van der Waals surface area contributed by atoms with E-state index in [2.05, 4.69) is 0 Å². The Morgan fingerprint density at radius 2 is 2.22 bits per heavy atom. The number of amides is 1. The van der Waals surface area contributed by atoms with Crippen molar-refractivity contribution in [2.24, 2.45) is 11.7 Å². The second kappa shape index (κ2) is 5.24. The molecule has 1 heterocycles. The quantitative estimate of drug-likeness (QED) is 0.851. The number of piperidine rings is 1. The van der Waals surface area contributed by atoms with Crippen LogP contribution < -0.4 is 5.73 Å². The highest BCUT2D eigenvalue weighted by molar-refractivity contribution is 6.31. The van der Waals surface area contributed by atoms with Crippen LogP contribution >= 0.6 is 11.6 Å². The minimum Gasteiger partial charge on any atom is -0.337 e. The molecule has 1 amide bonds. The van der Waals surface area contributed by atoms with Crippen LogP contribution in [-0.4, -0.2) is 29.9 Å². The number of nitrogens with two attached hydrogens (primary N) is 1. The van der Waals surface area contributed by atoms with Gasteiger partial charge in [0.2, 0.25) is 0 Å². The van der Waals surface area contributed by atoms with Gasteiger partial charge in [-0.25, -0.2) is 4.39 Å². The number of hydrogen-bond acceptors (Lipinski definition) is 2. The van der Waals surface area contributed by atoms with Crippen LogP contribution in [0.3, 0.4) is 0 Å². The second-order valence-corrected chi connectivity index (χ2v) is 5.32. The van der Waals surface area contributed by atoms with Crippen molar-refractivity contribution in [3.63, 3.8) is 0 Å². The van der Waals surface area contributed by atoms with Crippen LogP contribution in [0.5, 0.6) is 0 Å². The molecule has 0 saturated carbocycles. The third-order valence-corrected chi connectivity index (χ3v) is 3.45. The summed E-state index contributed by atoms with van der Waals surface area (Å²) in [5.74, 6) is -0.659. The summed E-state index contributed by atoms with van der Waals surface area (Å²) in [4.78, 5) is 13.8. The summed E-state index contributed by atoms with van der Waals surface area (Å²) in [6, 6.07) is 4.42.